The topological polar surface area (TPSA) is 87.6 Å². The first kappa shape index (κ1) is 18.8. The number of hydrogen-bond acceptors (Lipinski definition) is 4. The van der Waals surface area contributed by atoms with E-state index in [4.69, 9.17) is 0 Å². The molecular weight excluding hydrogens is 362 g/mol. The highest BCUT2D eigenvalue weighted by molar-refractivity contribution is 8.14. The van der Waals surface area contributed by atoms with Gasteiger partial charge in [0.2, 0.25) is 11.8 Å². The standard InChI is InChI=1S/C20H19N3O3S/c1-13(14-8-4-2-5-9-14)21-16(24)12-27-20-22-18(25)17(19(26)23-20)15-10-6-3-7-11-15/h2-11,13,17H,12H2,1H3,(H,21,24)(H,22,23,25,26)/t13-/m1/s1. The lowest BCUT2D eigenvalue weighted by Crippen LogP contribution is -2.42. The Morgan fingerprint density at radius 2 is 1.74 bits per heavy atom. The van der Waals surface area contributed by atoms with Crippen molar-refractivity contribution >= 4 is 34.7 Å². The molecule has 0 bridgehead atoms. The minimum atomic E-state index is -0.942. The SMILES string of the molecule is C[C@@H](NC(=O)CSC1=NC(=O)[C@@H](c2ccccc2)C(=O)N1)c1ccccc1. The van der Waals surface area contributed by atoms with E-state index in [1.807, 2.05) is 43.3 Å². The van der Waals surface area contributed by atoms with Gasteiger partial charge in [0.25, 0.3) is 5.91 Å². The molecule has 0 saturated heterocycles. The van der Waals surface area contributed by atoms with E-state index < -0.39 is 17.7 Å². The van der Waals surface area contributed by atoms with E-state index in [1.165, 1.54) is 0 Å². The van der Waals surface area contributed by atoms with E-state index in [2.05, 4.69) is 15.6 Å². The number of benzene rings is 2. The van der Waals surface area contributed by atoms with Crippen molar-refractivity contribution in [3.8, 4) is 0 Å². The van der Waals surface area contributed by atoms with E-state index in [-0.39, 0.29) is 22.9 Å². The summed E-state index contributed by atoms with van der Waals surface area (Å²) in [5.74, 6) is -2.04. The molecule has 138 valence electrons. The molecule has 2 aromatic carbocycles. The van der Waals surface area contributed by atoms with Gasteiger partial charge in [-0.15, -0.1) is 0 Å². The lowest BCUT2D eigenvalue weighted by molar-refractivity contribution is -0.129. The number of amidine groups is 1. The molecule has 3 rings (SSSR count). The van der Waals surface area contributed by atoms with Crippen LogP contribution in [0.5, 0.6) is 0 Å². The summed E-state index contributed by atoms with van der Waals surface area (Å²) < 4.78 is 0. The Balaban J connectivity index is 1.56. The van der Waals surface area contributed by atoms with Crippen molar-refractivity contribution in [2.75, 3.05) is 5.75 Å². The van der Waals surface area contributed by atoms with Gasteiger partial charge in [-0.25, -0.2) is 0 Å². The summed E-state index contributed by atoms with van der Waals surface area (Å²) >= 11 is 1.03. The molecule has 0 fully saturated rings. The van der Waals surface area contributed by atoms with Crippen molar-refractivity contribution in [1.29, 1.82) is 0 Å². The minimum absolute atomic E-state index is 0.0551. The second kappa shape index (κ2) is 8.64. The van der Waals surface area contributed by atoms with Crippen LogP contribution >= 0.6 is 11.8 Å². The largest absolute Gasteiger partial charge is 0.349 e. The third kappa shape index (κ3) is 4.83. The molecule has 2 N–H and O–H groups in total. The summed E-state index contributed by atoms with van der Waals surface area (Å²) in [6.45, 7) is 1.89. The number of nitrogens with zero attached hydrogens (tertiary/aromatic N) is 1. The molecule has 1 aliphatic rings. The second-order valence-electron chi connectivity index (χ2n) is 6.08. The van der Waals surface area contributed by atoms with Crippen LogP contribution in [0.2, 0.25) is 0 Å². The predicted molar refractivity (Wildman–Crippen MR) is 105 cm³/mol. The molecular formula is C20H19N3O3S. The summed E-state index contributed by atoms with van der Waals surface area (Å²) in [4.78, 5) is 40.6. The van der Waals surface area contributed by atoms with Crippen molar-refractivity contribution in [3.05, 3.63) is 71.8 Å². The Labute approximate surface area is 161 Å². The fraction of sp³-hybridized carbons (Fsp3) is 0.200. The highest BCUT2D eigenvalue weighted by Gasteiger charge is 2.33. The van der Waals surface area contributed by atoms with Crippen LogP contribution in [-0.2, 0) is 14.4 Å². The van der Waals surface area contributed by atoms with Crippen LogP contribution in [0, 0.1) is 0 Å². The van der Waals surface area contributed by atoms with Gasteiger partial charge in [0, 0.05) is 0 Å². The number of carbonyl (C=O) groups excluding carboxylic acids is 3. The Morgan fingerprint density at radius 3 is 2.37 bits per heavy atom. The number of hydrogen-bond donors (Lipinski definition) is 2. The third-order valence-corrected chi connectivity index (χ3v) is 4.97. The summed E-state index contributed by atoms with van der Waals surface area (Å²) in [6, 6.07) is 18.3. The molecule has 7 heteroatoms. The molecule has 0 saturated carbocycles. The highest BCUT2D eigenvalue weighted by atomic mass is 32.2. The number of carbonyl (C=O) groups is 3. The molecule has 1 heterocycles. The van der Waals surface area contributed by atoms with Crippen LogP contribution in [-0.4, -0.2) is 28.6 Å². The van der Waals surface area contributed by atoms with Gasteiger partial charge < -0.3 is 10.6 Å². The number of aliphatic imine (C=N–C) groups is 1. The maximum Gasteiger partial charge on any atom is 0.265 e. The number of thioether (sulfide) groups is 1. The van der Waals surface area contributed by atoms with Gasteiger partial charge in [0.05, 0.1) is 11.8 Å². The average molecular weight is 381 g/mol. The Morgan fingerprint density at radius 1 is 1.11 bits per heavy atom. The molecule has 0 spiro atoms. The van der Waals surface area contributed by atoms with Crippen LogP contribution in [0.3, 0.4) is 0 Å². The van der Waals surface area contributed by atoms with Crippen molar-refractivity contribution in [2.45, 2.75) is 18.9 Å². The number of amides is 3. The van der Waals surface area contributed by atoms with Crippen molar-refractivity contribution in [3.63, 3.8) is 0 Å². The van der Waals surface area contributed by atoms with Crippen LogP contribution in [0.15, 0.2) is 65.7 Å². The average Bonchev–Trinajstić information content (AvgIpc) is 2.67. The summed E-state index contributed by atoms with van der Waals surface area (Å²) in [5, 5.41) is 5.64. The van der Waals surface area contributed by atoms with Crippen molar-refractivity contribution in [2.24, 2.45) is 4.99 Å². The molecule has 2 aromatic rings. The fourth-order valence-corrected chi connectivity index (χ4v) is 3.41. The van der Waals surface area contributed by atoms with E-state index >= 15 is 0 Å². The van der Waals surface area contributed by atoms with Gasteiger partial charge in [-0.05, 0) is 18.1 Å². The zero-order valence-electron chi connectivity index (χ0n) is 14.7. The fourth-order valence-electron chi connectivity index (χ4n) is 2.73. The molecule has 0 radical (unpaired) electrons. The first-order valence-corrected chi connectivity index (χ1v) is 9.48. The van der Waals surface area contributed by atoms with Crippen molar-refractivity contribution < 1.29 is 14.4 Å². The van der Waals surface area contributed by atoms with Crippen molar-refractivity contribution in [1.82, 2.24) is 10.6 Å². The first-order valence-electron chi connectivity index (χ1n) is 8.50. The predicted octanol–water partition coefficient (Wildman–Crippen LogP) is 2.39. The second-order valence-corrected chi connectivity index (χ2v) is 7.04. The number of nitrogens with one attached hydrogen (secondary N) is 2. The van der Waals surface area contributed by atoms with E-state index in [9.17, 15) is 14.4 Å². The van der Waals surface area contributed by atoms with E-state index in [0.29, 0.717) is 5.56 Å². The Kier molecular flexibility index (Phi) is 6.03. The Hall–Kier alpha value is -2.93. The zero-order chi connectivity index (χ0) is 19.2. The third-order valence-electron chi connectivity index (χ3n) is 4.10. The lowest BCUT2D eigenvalue weighted by Gasteiger charge is -2.20. The van der Waals surface area contributed by atoms with Gasteiger partial charge in [-0.3, -0.25) is 14.4 Å². The molecule has 2 atom stereocenters. The first-order chi connectivity index (χ1) is 13.0. The monoisotopic (exact) mass is 381 g/mol. The summed E-state index contributed by atoms with van der Waals surface area (Å²) in [7, 11) is 0. The van der Waals surface area contributed by atoms with Gasteiger partial charge in [-0.2, -0.15) is 4.99 Å². The maximum atomic E-state index is 12.3. The smallest absolute Gasteiger partial charge is 0.265 e. The molecule has 0 aromatic heterocycles. The number of rotatable bonds is 5. The molecule has 0 aliphatic carbocycles. The quantitative estimate of drug-likeness (QED) is 0.779. The highest BCUT2D eigenvalue weighted by Crippen LogP contribution is 2.22. The van der Waals surface area contributed by atoms with Gasteiger partial charge in [0.15, 0.2) is 5.17 Å². The van der Waals surface area contributed by atoms with Crippen LogP contribution < -0.4 is 10.6 Å². The zero-order valence-corrected chi connectivity index (χ0v) is 15.5. The molecule has 3 amide bonds. The molecule has 1 aliphatic heterocycles. The molecule has 0 unspecified atom stereocenters. The van der Waals surface area contributed by atoms with E-state index in [0.717, 1.165) is 17.3 Å². The van der Waals surface area contributed by atoms with Crippen LogP contribution in [0.4, 0.5) is 0 Å². The Bertz CT molecular complexity index is 869. The van der Waals surface area contributed by atoms with Gasteiger partial charge in [0.1, 0.15) is 5.92 Å². The summed E-state index contributed by atoms with van der Waals surface area (Å²) in [5.41, 5.74) is 1.60. The van der Waals surface area contributed by atoms with E-state index in [1.54, 1.807) is 24.3 Å². The lowest BCUT2D eigenvalue weighted by atomic mass is 9.97. The van der Waals surface area contributed by atoms with Crippen LogP contribution in [0.25, 0.3) is 0 Å². The molecule has 27 heavy (non-hydrogen) atoms. The normalized spacial score (nSPS) is 17.7. The van der Waals surface area contributed by atoms with Gasteiger partial charge >= 0.3 is 0 Å². The van der Waals surface area contributed by atoms with Crippen LogP contribution in [0.1, 0.15) is 30.0 Å². The maximum absolute atomic E-state index is 12.3. The summed E-state index contributed by atoms with van der Waals surface area (Å²) in [6.07, 6.45) is 0. The minimum Gasteiger partial charge on any atom is -0.349 e. The molecule has 6 nitrogen and oxygen atoms in total. The van der Waals surface area contributed by atoms with Gasteiger partial charge in [-0.1, -0.05) is 72.4 Å².